The quantitative estimate of drug-likeness (QED) is 0.0749. The second-order valence-electron chi connectivity index (χ2n) is 24.4. The molecule has 2 aromatic heterocycles. The van der Waals surface area contributed by atoms with Crippen molar-refractivity contribution < 1.29 is 51.5 Å². The van der Waals surface area contributed by atoms with Crippen molar-refractivity contribution in [2.24, 2.45) is 11.8 Å². The Bertz CT molecular complexity index is 3230. The Kier molecular flexibility index (Phi) is 22.6. The predicted octanol–water partition coefficient (Wildman–Crippen LogP) is 7.68. The van der Waals surface area contributed by atoms with Crippen LogP contribution in [0.2, 0.25) is 10.0 Å². The highest BCUT2D eigenvalue weighted by Gasteiger charge is 2.46. The van der Waals surface area contributed by atoms with Crippen molar-refractivity contribution in [3.05, 3.63) is 103 Å². The minimum atomic E-state index is -3.41. The van der Waals surface area contributed by atoms with Gasteiger partial charge in [-0.25, -0.2) is 22.3 Å². The average molecular weight is 1320 g/mol. The van der Waals surface area contributed by atoms with Crippen molar-refractivity contribution in [2.45, 2.75) is 146 Å². The molecule has 2 unspecified atom stereocenters. The van der Waals surface area contributed by atoms with Crippen LogP contribution in [0.1, 0.15) is 112 Å². The standard InChI is InChI=1S/C63H82Cl2N10O11S3/c1-41(76)70-26-22-42(23-27-70)57(61(80)75-33-31-71(62(81)85-54-19-9-7-17-49(54)64)40-53(75)59(78)67-38-47-15-11-35-88-47)69-51-18-8-6-16-48(51)44-20-21-55(50(65)36-44)86-63(82)72-30-32-74(52(39-72)58(77)66-37-46-14-10-34-87-46)60(79)56(68-45-12-4-3-5-13-45)43-24-28-73(29-25-43)89(2,83)84/h7,9-11,14-15,17,19-21,34-36,42-43,45,48,51-53,56-57,68-69H,3-6,8,12-13,16,18,22-33,37-40H2,1-2H3,(H,66,77)(H,67,78)/t48?,51?,52-,53-,56+,57+/m0/s1. The van der Waals surface area contributed by atoms with Gasteiger partial charge in [0.25, 0.3) is 0 Å². The van der Waals surface area contributed by atoms with Crippen LogP contribution in [0, 0.1) is 11.8 Å². The number of sulfonamides is 1. The van der Waals surface area contributed by atoms with Gasteiger partial charge < -0.3 is 55.2 Å². The number of amides is 7. The normalized spacial score (nSPS) is 22.7. The molecule has 6 atom stereocenters. The van der Waals surface area contributed by atoms with Crippen molar-refractivity contribution in [3.8, 4) is 11.5 Å². The van der Waals surface area contributed by atoms with Gasteiger partial charge in [-0.05, 0) is 122 Å². The molecule has 4 aliphatic heterocycles. The maximum Gasteiger partial charge on any atom is 0.415 e. The molecule has 89 heavy (non-hydrogen) atoms. The van der Waals surface area contributed by atoms with Crippen molar-refractivity contribution in [2.75, 3.05) is 71.7 Å². The molecule has 6 heterocycles. The summed E-state index contributed by atoms with van der Waals surface area (Å²) >= 11 is 16.4. The summed E-state index contributed by atoms with van der Waals surface area (Å²) in [6.45, 7) is 3.55. The molecule has 10 rings (SSSR count). The monoisotopic (exact) mass is 1320 g/mol. The van der Waals surface area contributed by atoms with E-state index in [1.807, 2.05) is 41.1 Å². The van der Waals surface area contributed by atoms with E-state index in [1.54, 1.807) is 58.0 Å². The molecular weight excluding hydrogens is 1240 g/mol. The van der Waals surface area contributed by atoms with Crippen LogP contribution in [-0.4, -0.2) is 187 Å². The molecule has 2 saturated carbocycles. The van der Waals surface area contributed by atoms with Crippen LogP contribution >= 0.6 is 45.9 Å². The molecule has 7 amide bonds. The fourth-order valence-corrected chi connectivity index (χ4v) is 16.3. The van der Waals surface area contributed by atoms with E-state index >= 15 is 9.59 Å². The van der Waals surface area contributed by atoms with Gasteiger partial charge in [-0.15, -0.1) is 22.7 Å². The highest BCUT2D eigenvalue weighted by molar-refractivity contribution is 7.88. The van der Waals surface area contributed by atoms with Gasteiger partial charge in [-0.2, -0.15) is 0 Å². The Morgan fingerprint density at radius 1 is 0.573 bits per heavy atom. The first-order valence-electron chi connectivity index (χ1n) is 31.3. The number of carbonyl (C=O) groups is 7. The topological polar surface area (TPSA) is 240 Å². The summed E-state index contributed by atoms with van der Waals surface area (Å²) in [5.74, 6) is -1.62. The average Bonchev–Trinajstić information content (AvgIpc) is 2.29. The second kappa shape index (κ2) is 30.5. The molecule has 0 bridgehead atoms. The lowest BCUT2D eigenvalue weighted by Crippen LogP contribution is -2.66. The van der Waals surface area contributed by atoms with Crippen molar-refractivity contribution in [1.29, 1.82) is 0 Å². The number of nitrogens with one attached hydrogen (secondary N) is 4. The number of para-hydroxylation sites is 1. The second-order valence-corrected chi connectivity index (χ2v) is 29.3. The first-order valence-corrected chi connectivity index (χ1v) is 35.7. The van der Waals surface area contributed by atoms with Gasteiger partial charge in [0.2, 0.25) is 39.6 Å². The largest absolute Gasteiger partial charge is 0.415 e. The summed E-state index contributed by atoms with van der Waals surface area (Å²) in [5, 5.41) is 17.8. The lowest BCUT2D eigenvalue weighted by atomic mass is 9.78. The fraction of sp³-hybridized carbons (Fsp3) is 0.571. The van der Waals surface area contributed by atoms with Crippen LogP contribution < -0.4 is 30.7 Å². The van der Waals surface area contributed by atoms with Gasteiger partial charge in [-0.1, -0.05) is 85.6 Å². The van der Waals surface area contributed by atoms with E-state index < -0.39 is 58.2 Å². The summed E-state index contributed by atoms with van der Waals surface area (Å²) in [7, 11) is -3.41. The van der Waals surface area contributed by atoms with Crippen LogP contribution in [0.3, 0.4) is 0 Å². The number of hydrogen-bond donors (Lipinski definition) is 4. The molecule has 4 aromatic rings. The minimum absolute atomic E-state index is 0.0409. The fourth-order valence-electron chi connectivity index (χ4n) is 13.7. The highest BCUT2D eigenvalue weighted by atomic mass is 35.5. The van der Waals surface area contributed by atoms with Crippen molar-refractivity contribution in [1.82, 2.24) is 50.1 Å². The first kappa shape index (κ1) is 66.1. The summed E-state index contributed by atoms with van der Waals surface area (Å²) in [4.78, 5) is 110. The van der Waals surface area contributed by atoms with E-state index in [2.05, 4.69) is 21.3 Å². The number of ether oxygens (including phenoxy) is 2. The number of hydrogen-bond acceptors (Lipinski definition) is 15. The van der Waals surface area contributed by atoms with Crippen molar-refractivity contribution in [3.63, 3.8) is 0 Å². The van der Waals surface area contributed by atoms with Gasteiger partial charge in [0.15, 0.2) is 11.5 Å². The summed E-state index contributed by atoms with van der Waals surface area (Å²) < 4.78 is 38.2. The van der Waals surface area contributed by atoms with Crippen molar-refractivity contribution >= 4 is 97.6 Å². The Morgan fingerprint density at radius 3 is 1.61 bits per heavy atom. The van der Waals surface area contributed by atoms with E-state index in [9.17, 15) is 32.4 Å². The van der Waals surface area contributed by atoms with Gasteiger partial charge >= 0.3 is 12.2 Å². The zero-order chi connectivity index (χ0) is 62.8. The molecule has 4 N–H and O–H groups in total. The molecular formula is C63H82Cl2N10O11S3. The van der Waals surface area contributed by atoms with Gasteiger partial charge in [0.05, 0.1) is 54.6 Å². The van der Waals surface area contributed by atoms with Gasteiger partial charge in [0, 0.05) is 81.1 Å². The first-order chi connectivity index (χ1) is 42.9. The highest BCUT2D eigenvalue weighted by Crippen LogP contribution is 2.39. The van der Waals surface area contributed by atoms with Crippen LogP contribution in [0.15, 0.2) is 77.5 Å². The lowest BCUT2D eigenvalue weighted by molar-refractivity contribution is -0.147. The van der Waals surface area contributed by atoms with Gasteiger partial charge in [-0.3, -0.25) is 24.0 Å². The molecule has 2 aromatic carbocycles. The third-order valence-electron chi connectivity index (χ3n) is 18.7. The van der Waals surface area contributed by atoms with Crippen LogP contribution in [-0.2, 0) is 47.1 Å². The predicted molar refractivity (Wildman–Crippen MR) is 341 cm³/mol. The molecule has 2 aliphatic carbocycles. The number of likely N-dealkylation sites (tertiary alicyclic amines) is 1. The van der Waals surface area contributed by atoms with E-state index in [0.717, 1.165) is 73.1 Å². The molecule has 26 heteroatoms. The van der Waals surface area contributed by atoms with E-state index in [4.69, 9.17) is 32.7 Å². The third-order valence-corrected chi connectivity index (χ3v) is 22.4. The molecule has 482 valence electrons. The van der Waals surface area contributed by atoms with Crippen LogP contribution in [0.25, 0.3) is 0 Å². The number of benzene rings is 2. The lowest BCUT2D eigenvalue weighted by Gasteiger charge is -2.45. The molecule has 21 nitrogen and oxygen atoms in total. The number of piperidine rings is 2. The van der Waals surface area contributed by atoms with Gasteiger partial charge in [0.1, 0.15) is 12.1 Å². The van der Waals surface area contributed by atoms with E-state index in [-0.39, 0.29) is 121 Å². The smallest absolute Gasteiger partial charge is 0.409 e. The molecule has 4 saturated heterocycles. The summed E-state index contributed by atoms with van der Waals surface area (Å²) in [6, 6.07) is 15.9. The summed E-state index contributed by atoms with van der Waals surface area (Å²) in [6.07, 6.45) is 10.1. The Hall–Kier alpha value is -5.86. The number of rotatable bonds is 18. The summed E-state index contributed by atoms with van der Waals surface area (Å²) in [5.41, 5.74) is 0.869. The number of halogens is 2. The Balaban J connectivity index is 0.850. The number of piperazine rings is 2. The molecule has 0 radical (unpaired) electrons. The third kappa shape index (κ3) is 16.8. The number of nitrogens with zero attached hydrogens (tertiary/aromatic N) is 6. The minimum Gasteiger partial charge on any atom is -0.409 e. The number of carbonyl (C=O) groups excluding carboxylic acids is 7. The Morgan fingerprint density at radius 2 is 1.09 bits per heavy atom. The Labute approximate surface area is 539 Å². The zero-order valence-corrected chi connectivity index (χ0v) is 54.5. The van der Waals surface area contributed by atoms with Crippen LogP contribution in [0.5, 0.6) is 11.5 Å². The maximum absolute atomic E-state index is 15.5. The molecule has 0 spiro atoms. The van der Waals surface area contributed by atoms with E-state index in [1.165, 1.54) is 43.0 Å². The SMILES string of the molecule is CC(=O)N1CCC([C@@H](NC2CCCCC2c2ccc(OC(=O)N3CCN(C(=O)[C@H](NC4CCCCC4)C4CCN(S(C)(=O)=O)CC4)[C@H](C(=O)NCc4cccs4)C3)c(Cl)c2)C(=O)N2CCN(C(=O)Oc3ccccc3Cl)C[C@H]2C(=O)NCc2cccs2)CC1. The van der Waals surface area contributed by atoms with Crippen LogP contribution in [0.4, 0.5) is 9.59 Å². The number of thiophene rings is 2. The molecule has 6 aliphatic rings. The molecule has 6 fully saturated rings. The zero-order valence-electron chi connectivity index (χ0n) is 50.5. The maximum atomic E-state index is 15.5. The van der Waals surface area contributed by atoms with E-state index in [0.29, 0.717) is 51.9 Å².